The second-order valence-corrected chi connectivity index (χ2v) is 7.12. The number of benzene rings is 2. The lowest BCUT2D eigenvalue weighted by molar-refractivity contribution is 0.354. The molecule has 0 aliphatic carbocycles. The van der Waals surface area contributed by atoms with E-state index < -0.39 is 0 Å². The molecule has 144 valence electrons. The van der Waals surface area contributed by atoms with Gasteiger partial charge in [-0.3, -0.25) is 0 Å². The summed E-state index contributed by atoms with van der Waals surface area (Å²) in [5.41, 5.74) is 2.54. The van der Waals surface area contributed by atoms with Crippen molar-refractivity contribution in [1.82, 2.24) is 5.32 Å². The van der Waals surface area contributed by atoms with Crippen molar-refractivity contribution in [2.75, 3.05) is 27.9 Å². The normalized spacial score (nSPS) is 11.4. The summed E-state index contributed by atoms with van der Waals surface area (Å²) in [5, 5.41) is 3.59. The lowest BCUT2D eigenvalue weighted by atomic mass is 10.1. The van der Waals surface area contributed by atoms with E-state index in [0.717, 1.165) is 36.6 Å². The quantitative estimate of drug-likeness (QED) is 0.524. The van der Waals surface area contributed by atoms with E-state index in [1.165, 1.54) is 14.7 Å². The van der Waals surface area contributed by atoms with Crippen molar-refractivity contribution in [2.24, 2.45) is 0 Å². The van der Waals surface area contributed by atoms with Crippen LogP contribution in [0.2, 0.25) is 0 Å². The van der Waals surface area contributed by atoms with Crippen LogP contribution in [-0.4, -0.2) is 33.9 Å². The zero-order valence-electron chi connectivity index (χ0n) is 15.7. The van der Waals surface area contributed by atoms with Crippen molar-refractivity contribution >= 4 is 35.0 Å². The molecule has 0 aliphatic heterocycles. The van der Waals surface area contributed by atoms with Gasteiger partial charge in [0.2, 0.25) is 0 Å². The molecule has 0 radical (unpaired) electrons. The first-order valence-electron chi connectivity index (χ1n) is 8.34. The fraction of sp³-hybridized carbons (Fsp3) is 0.400. The van der Waals surface area contributed by atoms with Gasteiger partial charge in [0.25, 0.3) is 0 Å². The third kappa shape index (κ3) is 6.52. The second kappa shape index (κ2) is 11.5. The van der Waals surface area contributed by atoms with Gasteiger partial charge in [0, 0.05) is 9.61 Å². The topological polar surface area (TPSA) is 39.7 Å². The van der Waals surface area contributed by atoms with Crippen LogP contribution < -0.4 is 19.5 Å². The molecule has 1 unspecified atom stereocenters. The number of hydrogen-bond donors (Lipinski definition) is 1. The van der Waals surface area contributed by atoms with Gasteiger partial charge in [0.15, 0.2) is 11.5 Å². The molecule has 26 heavy (non-hydrogen) atoms. The van der Waals surface area contributed by atoms with Crippen LogP contribution in [-0.2, 0) is 12.8 Å². The van der Waals surface area contributed by atoms with Crippen molar-refractivity contribution < 1.29 is 14.2 Å². The SMILES string of the molecule is COc1ccc(I)c(CC(C)NCCc2ccc(OC)c(OC)c2)c1.Cl. The van der Waals surface area contributed by atoms with Gasteiger partial charge in [-0.15, -0.1) is 12.4 Å². The van der Waals surface area contributed by atoms with E-state index in [1.54, 1.807) is 21.3 Å². The summed E-state index contributed by atoms with van der Waals surface area (Å²) in [7, 11) is 5.02. The summed E-state index contributed by atoms with van der Waals surface area (Å²) < 4.78 is 17.2. The first-order chi connectivity index (χ1) is 12.1. The van der Waals surface area contributed by atoms with Gasteiger partial charge >= 0.3 is 0 Å². The van der Waals surface area contributed by atoms with Gasteiger partial charge < -0.3 is 19.5 Å². The largest absolute Gasteiger partial charge is 0.497 e. The predicted octanol–water partition coefficient (Wildman–Crippen LogP) is 4.50. The molecule has 2 aromatic rings. The van der Waals surface area contributed by atoms with Crippen LogP contribution >= 0.6 is 35.0 Å². The van der Waals surface area contributed by atoms with Crippen LogP contribution in [0.25, 0.3) is 0 Å². The zero-order valence-corrected chi connectivity index (χ0v) is 18.6. The Kier molecular flexibility index (Phi) is 10.1. The average Bonchev–Trinajstić information content (AvgIpc) is 2.63. The molecule has 0 aromatic heterocycles. The third-order valence-corrected chi connectivity index (χ3v) is 5.19. The fourth-order valence-corrected chi connectivity index (χ4v) is 3.29. The molecule has 2 aromatic carbocycles. The van der Waals surface area contributed by atoms with E-state index in [2.05, 4.69) is 53.0 Å². The number of halogens is 2. The number of hydrogen-bond acceptors (Lipinski definition) is 4. The molecular weight excluding hydrogens is 465 g/mol. The third-order valence-electron chi connectivity index (χ3n) is 4.13. The maximum absolute atomic E-state index is 5.36. The Morgan fingerprint density at radius 2 is 1.69 bits per heavy atom. The molecule has 0 amide bonds. The number of nitrogens with one attached hydrogen (secondary N) is 1. The molecule has 0 bridgehead atoms. The summed E-state index contributed by atoms with van der Waals surface area (Å²) in [6.45, 7) is 3.13. The molecule has 1 atom stereocenters. The van der Waals surface area contributed by atoms with Gasteiger partial charge in [0.05, 0.1) is 21.3 Å². The van der Waals surface area contributed by atoms with E-state index in [1.807, 2.05) is 18.2 Å². The minimum Gasteiger partial charge on any atom is -0.497 e. The number of methoxy groups -OCH3 is 3. The highest BCUT2D eigenvalue weighted by Crippen LogP contribution is 2.27. The predicted molar refractivity (Wildman–Crippen MR) is 117 cm³/mol. The molecular formula is C20H27ClINO3. The Morgan fingerprint density at radius 1 is 0.962 bits per heavy atom. The summed E-state index contributed by atoms with van der Waals surface area (Å²) in [6, 6.07) is 12.7. The van der Waals surface area contributed by atoms with Crippen molar-refractivity contribution in [3.05, 3.63) is 51.1 Å². The second-order valence-electron chi connectivity index (χ2n) is 5.96. The van der Waals surface area contributed by atoms with Crippen LogP contribution in [0.5, 0.6) is 17.2 Å². The Labute approximate surface area is 176 Å². The van der Waals surface area contributed by atoms with Gasteiger partial charge in [-0.25, -0.2) is 0 Å². The Hall–Kier alpha value is -1.18. The maximum Gasteiger partial charge on any atom is 0.160 e. The van der Waals surface area contributed by atoms with E-state index in [0.29, 0.717) is 6.04 Å². The molecule has 0 saturated carbocycles. The minimum absolute atomic E-state index is 0. The van der Waals surface area contributed by atoms with E-state index in [-0.39, 0.29) is 12.4 Å². The minimum atomic E-state index is 0. The zero-order chi connectivity index (χ0) is 18.2. The van der Waals surface area contributed by atoms with Crippen molar-refractivity contribution in [3.63, 3.8) is 0 Å². The molecule has 0 fully saturated rings. The van der Waals surface area contributed by atoms with Crippen molar-refractivity contribution in [2.45, 2.75) is 25.8 Å². The number of rotatable bonds is 9. The molecule has 0 aliphatic rings. The summed E-state index contributed by atoms with van der Waals surface area (Å²) in [5.74, 6) is 2.45. The average molecular weight is 492 g/mol. The first-order valence-corrected chi connectivity index (χ1v) is 9.42. The lowest BCUT2D eigenvalue weighted by Crippen LogP contribution is -2.30. The summed E-state index contributed by atoms with van der Waals surface area (Å²) in [4.78, 5) is 0. The highest BCUT2D eigenvalue weighted by atomic mass is 127. The standard InChI is InChI=1S/C20H26INO3.ClH/c1-14(11-16-13-17(23-2)6-7-18(16)21)22-10-9-15-5-8-19(24-3)20(12-15)25-4;/h5-8,12-14,22H,9-11H2,1-4H3;1H. The Morgan fingerprint density at radius 3 is 2.35 bits per heavy atom. The van der Waals surface area contributed by atoms with Gasteiger partial charge in [-0.05, 0) is 90.4 Å². The van der Waals surface area contributed by atoms with E-state index in [9.17, 15) is 0 Å². The van der Waals surface area contributed by atoms with Crippen LogP contribution in [0.4, 0.5) is 0 Å². The molecule has 6 heteroatoms. The maximum atomic E-state index is 5.36. The monoisotopic (exact) mass is 491 g/mol. The van der Waals surface area contributed by atoms with Gasteiger partial charge in [0.1, 0.15) is 5.75 Å². The van der Waals surface area contributed by atoms with E-state index in [4.69, 9.17) is 14.2 Å². The summed E-state index contributed by atoms with van der Waals surface area (Å²) in [6.07, 6.45) is 1.92. The van der Waals surface area contributed by atoms with Crippen LogP contribution in [0.3, 0.4) is 0 Å². The Bertz CT molecular complexity index is 697. The van der Waals surface area contributed by atoms with Crippen LogP contribution in [0.15, 0.2) is 36.4 Å². The van der Waals surface area contributed by atoms with Crippen molar-refractivity contribution in [1.29, 1.82) is 0 Å². The molecule has 0 saturated heterocycles. The van der Waals surface area contributed by atoms with Crippen molar-refractivity contribution in [3.8, 4) is 17.2 Å². The van der Waals surface area contributed by atoms with Crippen LogP contribution in [0.1, 0.15) is 18.1 Å². The van der Waals surface area contributed by atoms with Gasteiger partial charge in [-0.1, -0.05) is 6.07 Å². The molecule has 4 nitrogen and oxygen atoms in total. The Balaban J connectivity index is 0.00000338. The molecule has 0 spiro atoms. The molecule has 0 heterocycles. The lowest BCUT2D eigenvalue weighted by Gasteiger charge is -2.16. The summed E-state index contributed by atoms with van der Waals surface area (Å²) >= 11 is 2.38. The van der Waals surface area contributed by atoms with Crippen LogP contribution in [0, 0.1) is 3.57 Å². The highest BCUT2D eigenvalue weighted by Gasteiger charge is 2.09. The van der Waals surface area contributed by atoms with Gasteiger partial charge in [-0.2, -0.15) is 0 Å². The molecule has 2 rings (SSSR count). The smallest absolute Gasteiger partial charge is 0.160 e. The molecule has 1 N–H and O–H groups in total. The highest BCUT2D eigenvalue weighted by molar-refractivity contribution is 14.1. The first kappa shape index (κ1) is 22.9. The fourth-order valence-electron chi connectivity index (χ4n) is 2.74. The number of ether oxygens (including phenoxy) is 3. The van der Waals surface area contributed by atoms with E-state index >= 15 is 0 Å².